The first-order chi connectivity index (χ1) is 12.8. The number of rotatable bonds is 6. The van der Waals surface area contributed by atoms with Crippen LogP contribution in [0.3, 0.4) is 0 Å². The molecule has 0 atom stereocenters. The standard InChI is InChI=1S/C17H15ClFN5O2S/c1-9-14(16(26)22-17-21-12(8-27-17)6-13(20)25)15(18)24(23-9)7-10-2-4-11(19)5-3-10/h2-5,8H,6-7H2,1H3,(H2,20,25)(H,21,22,26). The van der Waals surface area contributed by atoms with Crippen molar-refractivity contribution in [1.82, 2.24) is 14.8 Å². The van der Waals surface area contributed by atoms with Gasteiger partial charge in [0.25, 0.3) is 5.91 Å². The Morgan fingerprint density at radius 1 is 1.33 bits per heavy atom. The van der Waals surface area contributed by atoms with Crippen molar-refractivity contribution in [2.45, 2.75) is 19.9 Å². The van der Waals surface area contributed by atoms with Crippen molar-refractivity contribution in [2.24, 2.45) is 5.73 Å². The lowest BCUT2D eigenvalue weighted by Crippen LogP contribution is -2.15. The normalized spacial score (nSPS) is 10.8. The number of nitrogens with two attached hydrogens (primary N) is 1. The number of anilines is 1. The summed E-state index contributed by atoms with van der Waals surface area (Å²) in [7, 11) is 0. The fourth-order valence-corrected chi connectivity index (χ4v) is 3.49. The second-order valence-electron chi connectivity index (χ2n) is 5.78. The van der Waals surface area contributed by atoms with Crippen LogP contribution in [-0.2, 0) is 17.8 Å². The Labute approximate surface area is 163 Å². The number of hydrogen-bond donors (Lipinski definition) is 2. The molecule has 140 valence electrons. The molecular weight excluding hydrogens is 393 g/mol. The zero-order valence-corrected chi connectivity index (χ0v) is 15.8. The fourth-order valence-electron chi connectivity index (χ4n) is 2.46. The van der Waals surface area contributed by atoms with E-state index in [4.69, 9.17) is 17.3 Å². The van der Waals surface area contributed by atoms with Crippen LogP contribution >= 0.6 is 22.9 Å². The van der Waals surface area contributed by atoms with E-state index >= 15 is 0 Å². The molecule has 0 fully saturated rings. The van der Waals surface area contributed by atoms with E-state index in [9.17, 15) is 14.0 Å². The number of primary amides is 1. The number of benzene rings is 1. The summed E-state index contributed by atoms with van der Waals surface area (Å²) in [4.78, 5) is 27.6. The molecule has 3 rings (SSSR count). The Hall–Kier alpha value is -2.78. The molecule has 0 aliphatic heterocycles. The molecule has 1 aromatic carbocycles. The summed E-state index contributed by atoms with van der Waals surface area (Å²) >= 11 is 7.51. The van der Waals surface area contributed by atoms with Crippen molar-refractivity contribution in [3.05, 3.63) is 63.1 Å². The van der Waals surface area contributed by atoms with Crippen LogP contribution in [0, 0.1) is 12.7 Å². The first kappa shape index (κ1) is 19.0. The maximum Gasteiger partial charge on any atom is 0.262 e. The van der Waals surface area contributed by atoms with E-state index in [0.717, 1.165) is 5.56 Å². The van der Waals surface area contributed by atoms with Gasteiger partial charge in [0.05, 0.1) is 29.9 Å². The maximum absolute atomic E-state index is 13.0. The zero-order chi connectivity index (χ0) is 19.6. The predicted octanol–water partition coefficient (Wildman–Crippen LogP) is 2.77. The van der Waals surface area contributed by atoms with E-state index in [1.54, 1.807) is 24.4 Å². The number of halogens is 2. The van der Waals surface area contributed by atoms with Crippen LogP contribution < -0.4 is 11.1 Å². The van der Waals surface area contributed by atoms with E-state index in [-0.39, 0.29) is 23.0 Å². The van der Waals surface area contributed by atoms with Gasteiger partial charge in [0, 0.05) is 5.38 Å². The summed E-state index contributed by atoms with van der Waals surface area (Å²) < 4.78 is 14.5. The lowest BCUT2D eigenvalue weighted by molar-refractivity contribution is -0.117. The van der Waals surface area contributed by atoms with Crippen LogP contribution in [0.5, 0.6) is 0 Å². The highest BCUT2D eigenvalue weighted by molar-refractivity contribution is 7.14. The van der Waals surface area contributed by atoms with E-state index in [0.29, 0.717) is 23.1 Å². The Kier molecular flexibility index (Phi) is 5.52. The SMILES string of the molecule is Cc1nn(Cc2ccc(F)cc2)c(Cl)c1C(=O)Nc1nc(CC(N)=O)cs1. The summed E-state index contributed by atoms with van der Waals surface area (Å²) in [6.07, 6.45) is 0.00174. The summed E-state index contributed by atoms with van der Waals surface area (Å²) in [5.41, 5.74) is 7.09. The van der Waals surface area contributed by atoms with Crippen LogP contribution in [-0.4, -0.2) is 26.6 Å². The minimum atomic E-state index is -0.501. The van der Waals surface area contributed by atoms with Crippen molar-refractivity contribution in [3.63, 3.8) is 0 Å². The Bertz CT molecular complexity index is 999. The van der Waals surface area contributed by atoms with E-state index < -0.39 is 11.8 Å². The minimum absolute atomic E-state index is 0.00174. The molecular formula is C17H15ClFN5O2S. The molecule has 10 heteroatoms. The van der Waals surface area contributed by atoms with Crippen molar-refractivity contribution < 1.29 is 14.0 Å². The van der Waals surface area contributed by atoms with E-state index in [1.807, 2.05) is 0 Å². The minimum Gasteiger partial charge on any atom is -0.369 e. The summed E-state index contributed by atoms with van der Waals surface area (Å²) in [6.45, 7) is 1.97. The molecule has 3 N–H and O–H groups in total. The van der Waals surface area contributed by atoms with Crippen molar-refractivity contribution in [3.8, 4) is 0 Å². The monoisotopic (exact) mass is 407 g/mol. The van der Waals surface area contributed by atoms with Gasteiger partial charge in [0.1, 0.15) is 11.0 Å². The lowest BCUT2D eigenvalue weighted by atomic mass is 10.2. The zero-order valence-electron chi connectivity index (χ0n) is 14.2. The Morgan fingerprint density at radius 3 is 2.70 bits per heavy atom. The Morgan fingerprint density at radius 2 is 2.04 bits per heavy atom. The lowest BCUT2D eigenvalue weighted by Gasteiger charge is -2.04. The number of hydrogen-bond acceptors (Lipinski definition) is 5. The molecule has 0 aliphatic carbocycles. The van der Waals surface area contributed by atoms with Crippen LogP contribution in [0.2, 0.25) is 5.15 Å². The van der Waals surface area contributed by atoms with Crippen LogP contribution in [0.1, 0.15) is 27.3 Å². The smallest absolute Gasteiger partial charge is 0.262 e. The largest absolute Gasteiger partial charge is 0.369 e. The predicted molar refractivity (Wildman–Crippen MR) is 100 cm³/mol. The van der Waals surface area contributed by atoms with Gasteiger partial charge in [-0.2, -0.15) is 5.10 Å². The molecule has 0 bridgehead atoms. The molecule has 2 amide bonds. The molecule has 0 radical (unpaired) electrons. The number of nitrogens with one attached hydrogen (secondary N) is 1. The summed E-state index contributed by atoms with van der Waals surface area (Å²) in [5, 5.41) is 9.08. The fraction of sp³-hybridized carbons (Fsp3) is 0.176. The topological polar surface area (TPSA) is 103 Å². The highest BCUT2D eigenvalue weighted by Gasteiger charge is 2.21. The molecule has 2 heterocycles. The summed E-state index contributed by atoms with van der Waals surface area (Å²) in [6, 6.07) is 5.94. The number of nitrogens with zero attached hydrogens (tertiary/aromatic N) is 3. The van der Waals surface area contributed by atoms with Gasteiger partial charge in [-0.1, -0.05) is 23.7 Å². The van der Waals surface area contributed by atoms with Crippen molar-refractivity contribution in [1.29, 1.82) is 0 Å². The summed E-state index contributed by atoms with van der Waals surface area (Å²) in [5.74, 6) is -1.29. The molecule has 0 saturated carbocycles. The van der Waals surface area contributed by atoms with Crippen molar-refractivity contribution >= 4 is 39.9 Å². The molecule has 3 aromatic rings. The maximum atomic E-state index is 13.0. The van der Waals surface area contributed by atoms with Gasteiger partial charge in [0.15, 0.2) is 5.13 Å². The van der Waals surface area contributed by atoms with Gasteiger partial charge in [-0.3, -0.25) is 14.9 Å². The van der Waals surface area contributed by atoms with Gasteiger partial charge >= 0.3 is 0 Å². The number of thiazole rings is 1. The third-order valence-electron chi connectivity index (χ3n) is 3.67. The first-order valence-electron chi connectivity index (χ1n) is 7.85. The Balaban J connectivity index is 1.77. The molecule has 2 aromatic heterocycles. The molecule has 0 unspecified atom stereocenters. The molecule has 0 aliphatic rings. The van der Waals surface area contributed by atoms with Crippen LogP contribution in [0.15, 0.2) is 29.6 Å². The second kappa shape index (κ2) is 7.85. The number of carbonyl (C=O) groups is 2. The molecule has 27 heavy (non-hydrogen) atoms. The van der Waals surface area contributed by atoms with Gasteiger partial charge in [0.2, 0.25) is 5.91 Å². The van der Waals surface area contributed by atoms with Gasteiger partial charge in [-0.25, -0.2) is 14.1 Å². The average molecular weight is 408 g/mol. The van der Waals surface area contributed by atoms with E-state index in [1.165, 1.54) is 28.2 Å². The van der Waals surface area contributed by atoms with Crippen molar-refractivity contribution in [2.75, 3.05) is 5.32 Å². The van der Waals surface area contributed by atoms with Gasteiger partial charge in [-0.05, 0) is 24.6 Å². The second-order valence-corrected chi connectivity index (χ2v) is 6.99. The quantitative estimate of drug-likeness (QED) is 0.655. The number of amides is 2. The average Bonchev–Trinajstić information content (AvgIpc) is 3.13. The third kappa shape index (κ3) is 4.50. The third-order valence-corrected chi connectivity index (χ3v) is 4.86. The number of carbonyl (C=O) groups excluding carboxylic acids is 2. The van der Waals surface area contributed by atoms with Crippen LogP contribution in [0.25, 0.3) is 0 Å². The first-order valence-corrected chi connectivity index (χ1v) is 9.10. The highest BCUT2D eigenvalue weighted by Crippen LogP contribution is 2.23. The molecule has 0 spiro atoms. The highest BCUT2D eigenvalue weighted by atomic mass is 35.5. The van der Waals surface area contributed by atoms with Gasteiger partial charge < -0.3 is 5.73 Å². The van der Waals surface area contributed by atoms with Gasteiger partial charge in [-0.15, -0.1) is 11.3 Å². The van der Waals surface area contributed by atoms with Crippen LogP contribution in [0.4, 0.5) is 9.52 Å². The molecule has 7 nitrogen and oxygen atoms in total. The van der Waals surface area contributed by atoms with E-state index in [2.05, 4.69) is 15.4 Å². The number of aromatic nitrogens is 3. The molecule has 0 saturated heterocycles. The number of aryl methyl sites for hydroxylation is 1.